The van der Waals surface area contributed by atoms with Crippen molar-refractivity contribution in [1.82, 2.24) is 0 Å². The van der Waals surface area contributed by atoms with Gasteiger partial charge in [-0.3, -0.25) is 4.79 Å². The fraction of sp³-hybridized carbons (Fsp3) is 0.500. The zero-order valence-electron chi connectivity index (χ0n) is 2.86. The summed E-state index contributed by atoms with van der Waals surface area (Å²) in [6.07, 6.45) is 0. The van der Waals surface area contributed by atoms with Crippen molar-refractivity contribution < 1.29 is 4.79 Å². The molecular weight excluding hydrogens is 86.1 g/mol. The van der Waals surface area contributed by atoms with Crippen LogP contribution in [0.15, 0.2) is 4.36 Å². The molecule has 0 aliphatic rings. The molecule has 0 saturated carbocycles. The van der Waals surface area contributed by atoms with E-state index in [2.05, 4.69) is 16.8 Å². The zero-order chi connectivity index (χ0) is 4.28. The molecule has 0 saturated heterocycles. The van der Waals surface area contributed by atoms with Crippen LogP contribution in [0.5, 0.6) is 0 Å². The molecule has 0 bridgehead atoms. The van der Waals surface area contributed by atoms with Crippen LogP contribution in [0.3, 0.4) is 0 Å². The lowest BCUT2D eigenvalue weighted by Gasteiger charge is -1.63. The van der Waals surface area contributed by atoms with Crippen molar-refractivity contribution in [2.45, 2.75) is 6.92 Å². The Labute approximate surface area is 35.4 Å². The third-order valence-electron chi connectivity index (χ3n) is 0.157. The van der Waals surface area contributed by atoms with Gasteiger partial charge in [-0.1, -0.05) is 0 Å². The van der Waals surface area contributed by atoms with Crippen LogP contribution in [-0.2, 0) is 17.2 Å². The Morgan fingerprint density at radius 3 is 2.20 bits per heavy atom. The average Bonchev–Trinajstić information content (AvgIpc) is 1.38. The average molecular weight is 91.1 g/mol. The Morgan fingerprint density at radius 1 is 2.00 bits per heavy atom. The SMILES string of the molecule is CC(=O)N=[SH2]. The van der Waals surface area contributed by atoms with Gasteiger partial charge in [-0.25, -0.2) is 0 Å². The highest BCUT2D eigenvalue weighted by Crippen LogP contribution is 1.60. The topological polar surface area (TPSA) is 29.4 Å². The summed E-state index contributed by atoms with van der Waals surface area (Å²) >= 11 is 2.63. The zero-order valence-corrected chi connectivity index (χ0v) is 3.86. The highest BCUT2D eigenvalue weighted by atomic mass is 32.1. The minimum Gasteiger partial charge on any atom is -0.272 e. The third-order valence-corrected chi connectivity index (χ3v) is 0.472. The van der Waals surface area contributed by atoms with Crippen molar-refractivity contribution in [2.75, 3.05) is 0 Å². The molecule has 2 nitrogen and oxygen atoms in total. The van der Waals surface area contributed by atoms with Crippen molar-refractivity contribution >= 4 is 18.3 Å². The normalized spacial score (nSPS) is 6.80. The van der Waals surface area contributed by atoms with Gasteiger partial charge in [0, 0.05) is 6.92 Å². The van der Waals surface area contributed by atoms with Crippen LogP contribution >= 0.6 is 0 Å². The van der Waals surface area contributed by atoms with Crippen molar-refractivity contribution in [3.63, 3.8) is 0 Å². The summed E-state index contributed by atoms with van der Waals surface area (Å²) in [6.45, 7) is 1.37. The Balaban J connectivity index is 3.20. The van der Waals surface area contributed by atoms with Gasteiger partial charge >= 0.3 is 0 Å². The molecule has 0 unspecified atom stereocenters. The van der Waals surface area contributed by atoms with E-state index in [1.165, 1.54) is 6.92 Å². The maximum atomic E-state index is 9.60. The van der Waals surface area contributed by atoms with Crippen molar-refractivity contribution in [3.05, 3.63) is 0 Å². The molecule has 0 aromatic heterocycles. The van der Waals surface area contributed by atoms with Crippen LogP contribution in [0, 0.1) is 0 Å². The third kappa shape index (κ3) is 3.82. The molecule has 0 aliphatic heterocycles. The second kappa shape index (κ2) is 2.08. The number of amides is 1. The molecule has 0 aromatic rings. The lowest BCUT2D eigenvalue weighted by molar-refractivity contribution is -0.115. The van der Waals surface area contributed by atoms with Gasteiger partial charge in [-0.05, 0) is 0 Å². The van der Waals surface area contributed by atoms with Crippen LogP contribution in [0.2, 0.25) is 0 Å². The van der Waals surface area contributed by atoms with Crippen molar-refractivity contribution in [1.29, 1.82) is 0 Å². The maximum Gasteiger partial charge on any atom is 0.248 e. The standard InChI is InChI=1S/C2H5NOS/c1-2(4)3-5/h5H2,1H3. The van der Waals surface area contributed by atoms with E-state index in [0.29, 0.717) is 0 Å². The predicted octanol–water partition coefficient (Wildman–Crippen LogP) is -0.272. The van der Waals surface area contributed by atoms with E-state index in [4.69, 9.17) is 0 Å². The summed E-state index contributed by atoms with van der Waals surface area (Å²) in [5.41, 5.74) is 0. The van der Waals surface area contributed by atoms with Crippen LogP contribution in [0.4, 0.5) is 0 Å². The van der Waals surface area contributed by atoms with Gasteiger partial charge in [-0.2, -0.15) is 4.36 Å². The first-order valence-electron chi connectivity index (χ1n) is 1.15. The molecule has 0 atom stereocenters. The second-order valence-electron chi connectivity index (χ2n) is 0.631. The number of carbonyl (C=O) groups is 1. The summed E-state index contributed by atoms with van der Waals surface area (Å²) in [5.74, 6) is -0.207. The van der Waals surface area contributed by atoms with E-state index in [1.54, 1.807) is 0 Å². The quantitative estimate of drug-likeness (QED) is 0.403. The smallest absolute Gasteiger partial charge is 0.248 e. The fourth-order valence-corrected chi connectivity index (χ4v) is 0. The minimum atomic E-state index is -0.207. The number of hydrogen-bond acceptors (Lipinski definition) is 1. The summed E-state index contributed by atoms with van der Waals surface area (Å²) in [5, 5.41) is 0. The second-order valence-corrected chi connectivity index (χ2v) is 0.854. The molecule has 5 heavy (non-hydrogen) atoms. The highest BCUT2D eigenvalue weighted by Gasteiger charge is 1.71. The molecule has 0 N–H and O–H groups in total. The first-order valence-corrected chi connectivity index (χ1v) is 1.60. The minimum absolute atomic E-state index is 0.207. The lowest BCUT2D eigenvalue weighted by atomic mass is 10.8. The number of carbonyl (C=O) groups excluding carboxylic acids is 1. The number of hydrogen-bond donors (Lipinski definition) is 0. The molecule has 0 radical (unpaired) electrons. The summed E-state index contributed by atoms with van der Waals surface area (Å²) < 4.78 is 3.06. The Morgan fingerprint density at radius 2 is 2.20 bits per heavy atom. The van der Waals surface area contributed by atoms with Crippen LogP contribution in [0.25, 0.3) is 0 Å². The van der Waals surface area contributed by atoms with Gasteiger partial charge in [0.15, 0.2) is 0 Å². The lowest BCUT2D eigenvalue weighted by Crippen LogP contribution is -1.74. The van der Waals surface area contributed by atoms with E-state index in [9.17, 15) is 4.79 Å². The molecule has 0 heterocycles. The van der Waals surface area contributed by atoms with Crippen LogP contribution < -0.4 is 0 Å². The van der Waals surface area contributed by atoms with Gasteiger partial charge < -0.3 is 0 Å². The van der Waals surface area contributed by atoms with E-state index in [-0.39, 0.29) is 5.91 Å². The van der Waals surface area contributed by atoms with Crippen molar-refractivity contribution in [3.8, 4) is 0 Å². The summed E-state index contributed by atoms with van der Waals surface area (Å²) in [7, 11) is 0. The van der Waals surface area contributed by atoms with Gasteiger partial charge in [0.1, 0.15) is 0 Å². The van der Waals surface area contributed by atoms with E-state index < -0.39 is 0 Å². The van der Waals surface area contributed by atoms with E-state index in [0.717, 1.165) is 0 Å². The van der Waals surface area contributed by atoms with Crippen molar-refractivity contribution in [2.24, 2.45) is 4.36 Å². The molecule has 0 spiro atoms. The number of rotatable bonds is 0. The first kappa shape index (κ1) is 4.82. The molecule has 3 heteroatoms. The Hall–Kier alpha value is -0.180. The molecular formula is C2H5NOS. The molecule has 0 aromatic carbocycles. The van der Waals surface area contributed by atoms with Crippen LogP contribution in [0.1, 0.15) is 6.92 Å². The highest BCUT2D eigenvalue weighted by molar-refractivity contribution is 7.47. The van der Waals surface area contributed by atoms with Crippen LogP contribution in [-0.4, -0.2) is 5.91 Å². The Bertz CT molecular complexity index is 60.7. The Kier molecular flexibility index (Phi) is 2.01. The molecule has 1 amide bonds. The summed E-state index contributed by atoms with van der Waals surface area (Å²) in [4.78, 5) is 9.60. The molecule has 0 aliphatic carbocycles. The number of nitrogens with zero attached hydrogens (tertiary/aromatic N) is 1. The summed E-state index contributed by atoms with van der Waals surface area (Å²) in [6, 6.07) is 0. The van der Waals surface area contributed by atoms with Gasteiger partial charge in [0.05, 0.1) is 0 Å². The first-order chi connectivity index (χ1) is 2.27. The monoisotopic (exact) mass is 91.0 g/mol. The van der Waals surface area contributed by atoms with Gasteiger partial charge in [0.25, 0.3) is 0 Å². The molecule has 30 valence electrons. The van der Waals surface area contributed by atoms with E-state index >= 15 is 0 Å². The predicted molar refractivity (Wildman–Crippen MR) is 23.3 cm³/mol. The molecule has 0 fully saturated rings. The molecule has 0 rings (SSSR count). The fourth-order valence-electron chi connectivity index (χ4n) is 0. The van der Waals surface area contributed by atoms with Gasteiger partial charge in [-0.15, -0.1) is 12.4 Å². The van der Waals surface area contributed by atoms with E-state index in [1.807, 2.05) is 0 Å². The maximum absolute atomic E-state index is 9.60. The van der Waals surface area contributed by atoms with Gasteiger partial charge in [0.2, 0.25) is 5.91 Å². The largest absolute Gasteiger partial charge is 0.272 e.